The normalized spacial score (nSPS) is 18.0. The van der Waals surface area contributed by atoms with Crippen molar-refractivity contribution in [2.75, 3.05) is 18.9 Å². The molecule has 152 valence electrons. The van der Waals surface area contributed by atoms with Gasteiger partial charge < -0.3 is 10.1 Å². The maximum absolute atomic E-state index is 12.6. The van der Waals surface area contributed by atoms with Crippen LogP contribution in [0.1, 0.15) is 52.0 Å². The quantitative estimate of drug-likeness (QED) is 0.660. The Kier molecular flexibility index (Phi) is 8.10. The molecule has 1 heterocycles. The van der Waals surface area contributed by atoms with Crippen molar-refractivity contribution >= 4 is 15.9 Å². The van der Waals surface area contributed by atoms with Gasteiger partial charge in [0.1, 0.15) is 11.8 Å². The lowest BCUT2D eigenvalue weighted by atomic mass is 10.1. The largest absolute Gasteiger partial charge is 0.493 e. The van der Waals surface area contributed by atoms with E-state index >= 15 is 0 Å². The number of nitrogens with one attached hydrogen (secondary N) is 1. The number of carbonyl (C=O) groups is 1. The predicted molar refractivity (Wildman–Crippen MR) is 107 cm³/mol. The van der Waals surface area contributed by atoms with Crippen molar-refractivity contribution < 1.29 is 17.9 Å². The minimum Gasteiger partial charge on any atom is -0.493 e. The highest BCUT2D eigenvalue weighted by Gasteiger charge is 2.37. The van der Waals surface area contributed by atoms with Gasteiger partial charge in [0.05, 0.1) is 12.4 Å². The number of rotatable bonds is 10. The van der Waals surface area contributed by atoms with E-state index in [-0.39, 0.29) is 11.7 Å². The smallest absolute Gasteiger partial charge is 0.238 e. The van der Waals surface area contributed by atoms with Crippen LogP contribution >= 0.6 is 0 Å². The number of amides is 1. The third-order valence-corrected chi connectivity index (χ3v) is 6.78. The average molecular weight is 397 g/mol. The number of benzene rings is 1. The molecule has 6 nitrogen and oxygen atoms in total. The van der Waals surface area contributed by atoms with Gasteiger partial charge in [0.2, 0.25) is 15.9 Å². The van der Waals surface area contributed by atoms with E-state index in [0.29, 0.717) is 38.5 Å². The minimum atomic E-state index is -3.37. The number of ether oxygens (including phenoxy) is 1. The molecule has 1 fully saturated rings. The highest BCUT2D eigenvalue weighted by Crippen LogP contribution is 2.23. The second kappa shape index (κ2) is 10.1. The maximum Gasteiger partial charge on any atom is 0.238 e. The molecule has 0 radical (unpaired) electrons. The number of nitrogens with zero attached hydrogens (tertiary/aromatic N) is 1. The summed E-state index contributed by atoms with van der Waals surface area (Å²) in [6, 6.07) is 7.03. The Balaban J connectivity index is 1.97. The number of carbonyl (C=O) groups excluding carboxylic acids is 1. The molecule has 0 aromatic heterocycles. The summed E-state index contributed by atoms with van der Waals surface area (Å²) < 4.78 is 32.0. The van der Waals surface area contributed by atoms with Crippen LogP contribution < -0.4 is 10.1 Å². The Morgan fingerprint density at radius 2 is 2.07 bits per heavy atom. The third-order valence-electron chi connectivity index (χ3n) is 4.70. The van der Waals surface area contributed by atoms with Crippen LogP contribution in [0.5, 0.6) is 5.75 Å². The molecular formula is C20H32N2O4S. The van der Waals surface area contributed by atoms with Gasteiger partial charge in [-0.3, -0.25) is 4.79 Å². The Morgan fingerprint density at radius 1 is 1.33 bits per heavy atom. The molecule has 7 heteroatoms. The van der Waals surface area contributed by atoms with E-state index in [1.54, 1.807) is 0 Å². The molecule has 1 saturated heterocycles. The van der Waals surface area contributed by atoms with Crippen LogP contribution in [0.4, 0.5) is 0 Å². The van der Waals surface area contributed by atoms with Crippen LogP contribution in [-0.2, 0) is 21.4 Å². The van der Waals surface area contributed by atoms with Gasteiger partial charge in [-0.25, -0.2) is 8.42 Å². The number of hydrogen-bond acceptors (Lipinski definition) is 4. The van der Waals surface area contributed by atoms with E-state index in [4.69, 9.17) is 4.74 Å². The highest BCUT2D eigenvalue weighted by atomic mass is 32.2. The lowest BCUT2D eigenvalue weighted by molar-refractivity contribution is -0.124. The first-order chi connectivity index (χ1) is 12.8. The molecule has 1 amide bonds. The van der Waals surface area contributed by atoms with Crippen molar-refractivity contribution in [1.29, 1.82) is 0 Å². The first-order valence-corrected chi connectivity index (χ1v) is 11.4. The third kappa shape index (κ3) is 6.21. The second-order valence-electron chi connectivity index (χ2n) is 7.44. The summed E-state index contributed by atoms with van der Waals surface area (Å²) in [5.74, 6) is 1.18. The molecule has 0 saturated carbocycles. The molecule has 1 aromatic rings. The number of hydrogen-bond donors (Lipinski definition) is 1. The van der Waals surface area contributed by atoms with Gasteiger partial charge in [-0.1, -0.05) is 39.0 Å². The van der Waals surface area contributed by atoms with Crippen molar-refractivity contribution in [2.24, 2.45) is 5.92 Å². The van der Waals surface area contributed by atoms with Crippen LogP contribution in [0.2, 0.25) is 0 Å². The van der Waals surface area contributed by atoms with E-state index in [0.717, 1.165) is 24.2 Å². The Morgan fingerprint density at radius 3 is 2.78 bits per heavy atom. The molecule has 1 aliphatic heterocycles. The van der Waals surface area contributed by atoms with Crippen LogP contribution in [0.15, 0.2) is 24.3 Å². The molecule has 0 spiro atoms. The Hall–Kier alpha value is -1.60. The van der Waals surface area contributed by atoms with Crippen molar-refractivity contribution in [2.45, 2.75) is 59.0 Å². The van der Waals surface area contributed by atoms with Crippen LogP contribution in [-0.4, -0.2) is 43.6 Å². The SMILES string of the molecule is CCCS(=O)(=O)N1CCCC1C(=O)NCc1ccccc1OCCC(C)C. The Labute approximate surface area is 163 Å². The topological polar surface area (TPSA) is 75.7 Å². The van der Waals surface area contributed by atoms with E-state index in [1.165, 1.54) is 4.31 Å². The fraction of sp³-hybridized carbons (Fsp3) is 0.650. The van der Waals surface area contributed by atoms with Crippen molar-refractivity contribution in [3.63, 3.8) is 0 Å². The molecule has 1 aliphatic rings. The first-order valence-electron chi connectivity index (χ1n) is 9.83. The summed E-state index contributed by atoms with van der Waals surface area (Å²) in [4.78, 5) is 12.6. The predicted octanol–water partition coefficient (Wildman–Crippen LogP) is 2.93. The van der Waals surface area contributed by atoms with E-state index in [1.807, 2.05) is 31.2 Å². The minimum absolute atomic E-state index is 0.0866. The van der Waals surface area contributed by atoms with Gasteiger partial charge in [-0.2, -0.15) is 4.31 Å². The van der Waals surface area contributed by atoms with E-state index in [9.17, 15) is 13.2 Å². The van der Waals surface area contributed by atoms with Crippen LogP contribution in [0.3, 0.4) is 0 Å². The highest BCUT2D eigenvalue weighted by molar-refractivity contribution is 7.89. The number of sulfonamides is 1. The summed E-state index contributed by atoms with van der Waals surface area (Å²) in [5.41, 5.74) is 0.899. The van der Waals surface area contributed by atoms with Crippen LogP contribution in [0.25, 0.3) is 0 Å². The van der Waals surface area contributed by atoms with Gasteiger partial charge >= 0.3 is 0 Å². The lowest BCUT2D eigenvalue weighted by Crippen LogP contribution is -2.46. The van der Waals surface area contributed by atoms with Crippen LogP contribution in [0, 0.1) is 5.92 Å². The average Bonchev–Trinajstić information content (AvgIpc) is 3.11. The molecule has 0 bridgehead atoms. The van der Waals surface area contributed by atoms with Gasteiger partial charge in [0, 0.05) is 18.7 Å². The number of para-hydroxylation sites is 1. The lowest BCUT2D eigenvalue weighted by Gasteiger charge is -2.23. The molecule has 0 aliphatic carbocycles. The monoisotopic (exact) mass is 396 g/mol. The second-order valence-corrected chi connectivity index (χ2v) is 9.48. The van der Waals surface area contributed by atoms with Gasteiger partial charge in [-0.15, -0.1) is 0 Å². The molecular weight excluding hydrogens is 364 g/mol. The molecule has 1 atom stereocenters. The van der Waals surface area contributed by atoms with Crippen molar-refractivity contribution in [3.8, 4) is 5.75 Å². The zero-order valence-electron chi connectivity index (χ0n) is 16.6. The van der Waals surface area contributed by atoms with Gasteiger partial charge in [0.15, 0.2) is 0 Å². The summed E-state index contributed by atoms with van der Waals surface area (Å²) >= 11 is 0. The fourth-order valence-electron chi connectivity index (χ4n) is 3.21. The van der Waals surface area contributed by atoms with Crippen molar-refractivity contribution in [1.82, 2.24) is 9.62 Å². The summed E-state index contributed by atoms with van der Waals surface area (Å²) in [6.07, 6.45) is 2.80. The fourth-order valence-corrected chi connectivity index (χ4v) is 4.95. The van der Waals surface area contributed by atoms with Gasteiger partial charge in [0.25, 0.3) is 0 Å². The van der Waals surface area contributed by atoms with E-state index < -0.39 is 16.1 Å². The zero-order valence-corrected chi connectivity index (χ0v) is 17.4. The first kappa shape index (κ1) is 21.7. The molecule has 27 heavy (non-hydrogen) atoms. The molecule has 2 rings (SSSR count). The van der Waals surface area contributed by atoms with Crippen molar-refractivity contribution in [3.05, 3.63) is 29.8 Å². The maximum atomic E-state index is 12.6. The molecule has 1 unspecified atom stereocenters. The summed E-state index contributed by atoms with van der Waals surface area (Å²) in [6.45, 7) is 7.52. The summed E-state index contributed by atoms with van der Waals surface area (Å²) in [7, 11) is -3.37. The van der Waals surface area contributed by atoms with Gasteiger partial charge in [-0.05, 0) is 37.7 Å². The zero-order chi connectivity index (χ0) is 19.9. The Bertz CT molecular complexity index is 718. The molecule has 1 aromatic carbocycles. The summed E-state index contributed by atoms with van der Waals surface area (Å²) in [5, 5.41) is 2.90. The standard InChI is InChI=1S/C20H32N2O4S/c1-4-14-27(24,25)22-12-7-9-18(22)20(23)21-15-17-8-5-6-10-19(17)26-13-11-16(2)3/h5-6,8,10,16,18H,4,7,9,11-15H2,1-3H3,(H,21,23). The van der Waals surface area contributed by atoms with E-state index in [2.05, 4.69) is 19.2 Å². The molecule has 1 N–H and O–H groups in total.